The molecule has 5 nitrogen and oxygen atoms in total. The van der Waals surface area contributed by atoms with Crippen LogP contribution in [-0.4, -0.2) is 48.2 Å². The third-order valence-electron chi connectivity index (χ3n) is 3.39. The number of thiophene rings is 1. The third-order valence-corrected chi connectivity index (χ3v) is 4.54. The van der Waals surface area contributed by atoms with E-state index >= 15 is 0 Å². The van der Waals surface area contributed by atoms with Gasteiger partial charge in [0.1, 0.15) is 0 Å². The summed E-state index contributed by atoms with van der Waals surface area (Å²) in [6.45, 7) is 5.51. The Balaban J connectivity index is 2.36. The molecule has 2 rings (SSSR count). The number of nitrogens with zero attached hydrogens (tertiary/aromatic N) is 3. The Kier molecular flexibility index (Phi) is 4.80. The summed E-state index contributed by atoms with van der Waals surface area (Å²) in [4.78, 5) is 16.7. The fraction of sp³-hybridized carbons (Fsp3) is 0.467. The fourth-order valence-corrected chi connectivity index (χ4v) is 2.99. The van der Waals surface area contributed by atoms with Crippen LogP contribution in [0.5, 0.6) is 5.75 Å². The second-order valence-corrected chi connectivity index (χ2v) is 6.52. The summed E-state index contributed by atoms with van der Waals surface area (Å²) in [5.41, 5.74) is 1.67. The van der Waals surface area contributed by atoms with Crippen molar-refractivity contribution in [2.45, 2.75) is 20.4 Å². The number of ketones is 1. The molecule has 0 atom stereocenters. The van der Waals surface area contributed by atoms with Crippen LogP contribution in [0.2, 0.25) is 0 Å². The molecule has 0 radical (unpaired) electrons. The molecule has 0 aliphatic carbocycles. The number of carbonyl (C=O) groups is 1. The molecule has 0 amide bonds. The van der Waals surface area contributed by atoms with Crippen LogP contribution in [0.4, 0.5) is 0 Å². The summed E-state index contributed by atoms with van der Waals surface area (Å²) < 4.78 is 7.03. The van der Waals surface area contributed by atoms with Gasteiger partial charge in [-0.05, 0) is 39.6 Å². The molecule has 2 aromatic heterocycles. The first kappa shape index (κ1) is 15.7. The Morgan fingerprint density at radius 3 is 2.67 bits per heavy atom. The maximum Gasteiger partial charge on any atom is 0.224 e. The average molecular weight is 307 g/mol. The number of aryl methyl sites for hydroxylation is 2. The molecular formula is C15H21N3O2S. The SMILES string of the molecule is COc1cnn(CCN(C)C)c1C(=O)c1cc(C)c(C)s1. The Labute approximate surface area is 129 Å². The van der Waals surface area contributed by atoms with Crippen molar-refractivity contribution in [1.29, 1.82) is 0 Å². The van der Waals surface area contributed by atoms with E-state index in [1.165, 1.54) is 11.3 Å². The van der Waals surface area contributed by atoms with Gasteiger partial charge >= 0.3 is 0 Å². The lowest BCUT2D eigenvalue weighted by molar-refractivity contribution is 0.102. The monoisotopic (exact) mass is 307 g/mol. The van der Waals surface area contributed by atoms with E-state index in [0.717, 1.165) is 21.9 Å². The van der Waals surface area contributed by atoms with Gasteiger partial charge in [-0.25, -0.2) is 0 Å². The van der Waals surface area contributed by atoms with Crippen molar-refractivity contribution in [2.24, 2.45) is 0 Å². The van der Waals surface area contributed by atoms with Gasteiger partial charge in [-0.3, -0.25) is 9.48 Å². The third kappa shape index (κ3) is 3.33. The van der Waals surface area contributed by atoms with Gasteiger partial charge in [0.25, 0.3) is 0 Å². The number of methoxy groups -OCH3 is 1. The number of carbonyl (C=O) groups excluding carboxylic acids is 1. The molecule has 0 bridgehead atoms. The molecule has 6 heteroatoms. The summed E-state index contributed by atoms with van der Waals surface area (Å²) in [6, 6.07) is 1.94. The van der Waals surface area contributed by atoms with E-state index in [-0.39, 0.29) is 5.78 Å². The van der Waals surface area contributed by atoms with Crippen molar-refractivity contribution >= 4 is 17.1 Å². The minimum absolute atomic E-state index is 0.0238. The smallest absolute Gasteiger partial charge is 0.224 e. The zero-order valence-electron chi connectivity index (χ0n) is 13.1. The van der Waals surface area contributed by atoms with Gasteiger partial charge in [0.2, 0.25) is 5.78 Å². The summed E-state index contributed by atoms with van der Waals surface area (Å²) in [5.74, 6) is 0.506. The molecule has 0 aliphatic heterocycles. The lowest BCUT2D eigenvalue weighted by atomic mass is 10.2. The van der Waals surface area contributed by atoms with Crippen molar-refractivity contribution in [1.82, 2.24) is 14.7 Å². The Hall–Kier alpha value is -1.66. The highest BCUT2D eigenvalue weighted by atomic mass is 32.1. The number of hydrogen-bond acceptors (Lipinski definition) is 5. The Morgan fingerprint density at radius 1 is 1.43 bits per heavy atom. The van der Waals surface area contributed by atoms with Gasteiger partial charge in [-0.1, -0.05) is 0 Å². The fourth-order valence-electron chi connectivity index (χ4n) is 2.01. The van der Waals surface area contributed by atoms with Crippen LogP contribution < -0.4 is 4.74 Å². The highest BCUT2D eigenvalue weighted by Crippen LogP contribution is 2.27. The van der Waals surface area contributed by atoms with Crippen LogP contribution in [-0.2, 0) is 6.54 Å². The van der Waals surface area contributed by atoms with E-state index in [9.17, 15) is 4.79 Å². The summed E-state index contributed by atoms with van der Waals surface area (Å²) in [5, 5.41) is 4.28. The minimum Gasteiger partial charge on any atom is -0.493 e. The van der Waals surface area contributed by atoms with Gasteiger partial charge in [0.05, 0.1) is 24.7 Å². The predicted molar refractivity (Wildman–Crippen MR) is 84.6 cm³/mol. The molecule has 0 unspecified atom stereocenters. The standard InChI is InChI=1S/C15H21N3O2S/c1-10-8-13(21-11(10)2)15(19)14-12(20-5)9-16-18(14)7-6-17(3)4/h8-9H,6-7H2,1-5H3. The van der Waals surface area contributed by atoms with Gasteiger partial charge in [-0.15, -0.1) is 11.3 Å². The highest BCUT2D eigenvalue weighted by Gasteiger charge is 2.22. The van der Waals surface area contributed by atoms with Crippen molar-refractivity contribution in [2.75, 3.05) is 27.7 Å². The van der Waals surface area contributed by atoms with Crippen LogP contribution in [0, 0.1) is 13.8 Å². The van der Waals surface area contributed by atoms with Gasteiger partial charge in [0, 0.05) is 11.4 Å². The summed E-state index contributed by atoms with van der Waals surface area (Å²) in [7, 11) is 5.55. The van der Waals surface area contributed by atoms with Crippen LogP contribution in [0.15, 0.2) is 12.3 Å². The quantitative estimate of drug-likeness (QED) is 0.769. The average Bonchev–Trinajstić information content (AvgIpc) is 2.99. The topological polar surface area (TPSA) is 47.4 Å². The molecule has 2 heterocycles. The van der Waals surface area contributed by atoms with Gasteiger partial charge < -0.3 is 9.64 Å². The van der Waals surface area contributed by atoms with E-state index in [4.69, 9.17) is 4.74 Å². The summed E-state index contributed by atoms with van der Waals surface area (Å²) in [6.07, 6.45) is 1.61. The molecule has 21 heavy (non-hydrogen) atoms. The second kappa shape index (κ2) is 6.41. The van der Waals surface area contributed by atoms with E-state index < -0.39 is 0 Å². The number of rotatable bonds is 6. The zero-order chi connectivity index (χ0) is 15.6. The first-order valence-corrected chi connectivity index (χ1v) is 7.62. The molecule has 0 N–H and O–H groups in total. The minimum atomic E-state index is -0.0238. The Morgan fingerprint density at radius 2 is 2.14 bits per heavy atom. The normalized spacial score (nSPS) is 11.1. The van der Waals surface area contributed by atoms with Crippen molar-refractivity contribution < 1.29 is 9.53 Å². The number of hydrogen-bond donors (Lipinski definition) is 0. The first-order valence-electron chi connectivity index (χ1n) is 6.80. The van der Waals surface area contributed by atoms with Crippen molar-refractivity contribution in [3.8, 4) is 5.75 Å². The number of aromatic nitrogens is 2. The largest absolute Gasteiger partial charge is 0.493 e. The first-order chi connectivity index (χ1) is 9.93. The second-order valence-electron chi connectivity index (χ2n) is 5.27. The zero-order valence-corrected chi connectivity index (χ0v) is 14.0. The molecule has 0 aromatic carbocycles. The molecule has 0 fully saturated rings. The van der Waals surface area contributed by atoms with E-state index in [0.29, 0.717) is 18.0 Å². The van der Waals surface area contributed by atoms with Crippen molar-refractivity contribution in [3.05, 3.63) is 33.3 Å². The van der Waals surface area contributed by atoms with Gasteiger partial charge in [0.15, 0.2) is 11.4 Å². The molecular weight excluding hydrogens is 286 g/mol. The lowest BCUT2D eigenvalue weighted by Crippen LogP contribution is -2.21. The molecule has 0 aliphatic rings. The number of likely N-dealkylation sites (N-methyl/N-ethyl adjacent to an activating group) is 1. The van der Waals surface area contributed by atoms with E-state index in [1.54, 1.807) is 18.0 Å². The van der Waals surface area contributed by atoms with Crippen LogP contribution in [0.1, 0.15) is 25.8 Å². The molecule has 0 spiro atoms. The van der Waals surface area contributed by atoms with Crippen LogP contribution >= 0.6 is 11.3 Å². The van der Waals surface area contributed by atoms with E-state index in [1.807, 2.05) is 34.0 Å². The van der Waals surface area contributed by atoms with Crippen LogP contribution in [0.3, 0.4) is 0 Å². The predicted octanol–water partition coefficient (Wildman–Crippen LogP) is 2.36. The molecule has 114 valence electrons. The number of ether oxygens (including phenoxy) is 1. The Bertz CT molecular complexity index is 624. The lowest BCUT2D eigenvalue weighted by Gasteiger charge is -2.11. The van der Waals surface area contributed by atoms with Crippen LogP contribution in [0.25, 0.3) is 0 Å². The molecule has 0 saturated heterocycles. The van der Waals surface area contributed by atoms with Crippen molar-refractivity contribution in [3.63, 3.8) is 0 Å². The molecule has 2 aromatic rings. The van der Waals surface area contributed by atoms with E-state index in [2.05, 4.69) is 10.00 Å². The maximum atomic E-state index is 12.8. The summed E-state index contributed by atoms with van der Waals surface area (Å²) >= 11 is 1.52. The van der Waals surface area contributed by atoms with Gasteiger partial charge in [-0.2, -0.15) is 5.10 Å². The maximum absolute atomic E-state index is 12.8. The molecule has 0 saturated carbocycles. The highest BCUT2D eigenvalue weighted by molar-refractivity contribution is 7.14.